The second-order valence-electron chi connectivity index (χ2n) is 9.18. The zero-order valence-corrected chi connectivity index (χ0v) is 22.1. The molecular formula is C27H18F8N2O5S. The number of aromatic nitrogens is 2. The number of alkyl halides is 8. The summed E-state index contributed by atoms with van der Waals surface area (Å²) >= 11 is 0. The van der Waals surface area contributed by atoms with Gasteiger partial charge in [0.2, 0.25) is 0 Å². The molecule has 2 aromatic carbocycles. The lowest BCUT2D eigenvalue weighted by Gasteiger charge is -2.17. The van der Waals surface area contributed by atoms with Gasteiger partial charge in [-0.2, -0.15) is 26.3 Å². The molecule has 1 N–H and O–H groups in total. The van der Waals surface area contributed by atoms with E-state index in [0.29, 0.717) is 16.8 Å². The predicted molar refractivity (Wildman–Crippen MR) is 136 cm³/mol. The van der Waals surface area contributed by atoms with Crippen LogP contribution in [0.2, 0.25) is 0 Å². The third kappa shape index (κ3) is 6.85. The van der Waals surface area contributed by atoms with Crippen LogP contribution in [-0.2, 0) is 21.8 Å². The molecule has 0 amide bonds. The van der Waals surface area contributed by atoms with Gasteiger partial charge < -0.3 is 5.11 Å². The van der Waals surface area contributed by atoms with Crippen LogP contribution in [0, 0.1) is 0 Å². The summed E-state index contributed by atoms with van der Waals surface area (Å²) in [6.45, 7) is 0. The Hall–Kier alpha value is -4.31. The van der Waals surface area contributed by atoms with E-state index in [2.05, 4.69) is 0 Å². The minimum atomic E-state index is -5.16. The molecule has 43 heavy (non-hydrogen) atoms. The number of nitrogens with zero attached hydrogens (tertiary/aromatic N) is 2. The molecule has 2 heterocycles. The number of aliphatic hydroxyl groups is 1. The van der Waals surface area contributed by atoms with Gasteiger partial charge in [0.1, 0.15) is 0 Å². The molecule has 7 nitrogen and oxygen atoms in total. The fourth-order valence-corrected chi connectivity index (χ4v) is 5.46. The van der Waals surface area contributed by atoms with E-state index in [1.165, 1.54) is 0 Å². The van der Waals surface area contributed by atoms with E-state index in [9.17, 15) is 58.2 Å². The minimum absolute atomic E-state index is 0.00111. The van der Waals surface area contributed by atoms with Crippen LogP contribution in [0.4, 0.5) is 35.1 Å². The van der Waals surface area contributed by atoms with Gasteiger partial charge in [-0.05, 0) is 53.6 Å². The first-order chi connectivity index (χ1) is 19.9. The number of benzene rings is 2. The smallest absolute Gasteiger partial charge is 0.379 e. The fraction of sp³-hybridized carbons (Fsp3) is 0.185. The van der Waals surface area contributed by atoms with Crippen LogP contribution < -0.4 is 11.1 Å². The van der Waals surface area contributed by atoms with Crippen molar-refractivity contribution in [2.45, 2.75) is 35.5 Å². The van der Waals surface area contributed by atoms with Crippen molar-refractivity contribution in [1.82, 2.24) is 9.13 Å². The van der Waals surface area contributed by atoms with Gasteiger partial charge in [-0.3, -0.25) is 18.7 Å². The molecule has 0 aliphatic rings. The molecule has 4 rings (SSSR count). The van der Waals surface area contributed by atoms with Crippen LogP contribution >= 0.6 is 0 Å². The monoisotopic (exact) mass is 634 g/mol. The van der Waals surface area contributed by atoms with E-state index in [-0.39, 0.29) is 11.4 Å². The van der Waals surface area contributed by atoms with Gasteiger partial charge in [-0.25, -0.2) is 17.2 Å². The van der Waals surface area contributed by atoms with Crippen molar-refractivity contribution in [3.63, 3.8) is 0 Å². The van der Waals surface area contributed by atoms with Gasteiger partial charge in [0, 0.05) is 41.5 Å². The summed E-state index contributed by atoms with van der Waals surface area (Å²) < 4.78 is 134. The molecule has 4 aromatic rings. The van der Waals surface area contributed by atoms with Gasteiger partial charge in [0.15, 0.2) is 15.9 Å². The molecule has 1 atom stereocenters. The maximum atomic E-state index is 14.0. The Morgan fingerprint density at radius 1 is 0.721 bits per heavy atom. The van der Waals surface area contributed by atoms with Crippen molar-refractivity contribution in [3.05, 3.63) is 122 Å². The van der Waals surface area contributed by atoms with E-state index >= 15 is 0 Å². The molecule has 0 saturated heterocycles. The number of sulfone groups is 1. The first kappa shape index (κ1) is 31.6. The summed E-state index contributed by atoms with van der Waals surface area (Å²) in [4.78, 5) is 24.3. The lowest BCUT2D eigenvalue weighted by Crippen LogP contribution is -2.24. The summed E-state index contributed by atoms with van der Waals surface area (Å²) in [6.07, 6.45) is -14.8. The number of hydrogen-bond acceptors (Lipinski definition) is 5. The van der Waals surface area contributed by atoms with Gasteiger partial charge in [-0.1, -0.05) is 12.1 Å². The third-order valence-corrected chi connectivity index (χ3v) is 7.93. The Morgan fingerprint density at radius 3 is 1.74 bits per heavy atom. The average Bonchev–Trinajstić information content (AvgIpc) is 2.91. The predicted octanol–water partition coefficient (Wildman–Crippen LogP) is 5.51. The molecule has 228 valence electrons. The van der Waals surface area contributed by atoms with Crippen molar-refractivity contribution in [1.29, 1.82) is 0 Å². The normalized spacial score (nSPS) is 13.3. The van der Waals surface area contributed by atoms with Crippen LogP contribution in [0.5, 0.6) is 0 Å². The van der Waals surface area contributed by atoms with Crippen LogP contribution in [0.25, 0.3) is 11.4 Å². The Kier molecular flexibility index (Phi) is 8.39. The first-order valence-corrected chi connectivity index (χ1v) is 13.6. The highest BCUT2D eigenvalue weighted by molar-refractivity contribution is 7.90. The lowest BCUT2D eigenvalue weighted by molar-refractivity contribution is -0.206. The van der Waals surface area contributed by atoms with Crippen molar-refractivity contribution in [2.75, 3.05) is 0 Å². The highest BCUT2D eigenvalue weighted by atomic mass is 32.2. The Bertz CT molecular complexity index is 1860. The molecule has 0 fully saturated rings. The maximum Gasteiger partial charge on any atom is 0.418 e. The Balaban J connectivity index is 1.68. The van der Waals surface area contributed by atoms with E-state index < -0.39 is 78.7 Å². The SMILES string of the molecule is O=c1ccc(C(F)F)cn1-c1ccc(S(=O)(=O)Cc2cc(=O)n(-c3ccc(C(O)C(F)(F)F)cc3)cc2C(F)(F)F)cc1. The topological polar surface area (TPSA) is 98.4 Å². The Labute approximate surface area is 236 Å². The van der Waals surface area contributed by atoms with Crippen LogP contribution in [0.15, 0.2) is 93.6 Å². The molecule has 16 heteroatoms. The fourth-order valence-electron chi connectivity index (χ4n) is 4.09. The first-order valence-electron chi connectivity index (χ1n) is 11.9. The van der Waals surface area contributed by atoms with Crippen molar-refractivity contribution in [2.24, 2.45) is 0 Å². The number of aliphatic hydroxyl groups excluding tert-OH is 1. The molecule has 0 saturated carbocycles. The van der Waals surface area contributed by atoms with Gasteiger partial charge in [0.05, 0.1) is 16.2 Å². The average molecular weight is 635 g/mol. The summed E-state index contributed by atoms with van der Waals surface area (Å²) in [6, 6.07) is 9.63. The van der Waals surface area contributed by atoms with E-state index in [1.54, 1.807) is 0 Å². The van der Waals surface area contributed by atoms with E-state index in [4.69, 9.17) is 0 Å². The van der Waals surface area contributed by atoms with Gasteiger partial charge >= 0.3 is 12.4 Å². The van der Waals surface area contributed by atoms with Crippen LogP contribution in [-0.4, -0.2) is 28.8 Å². The molecular weight excluding hydrogens is 616 g/mol. The molecule has 0 bridgehead atoms. The van der Waals surface area contributed by atoms with Crippen molar-refractivity contribution in [3.8, 4) is 11.4 Å². The standard InChI is InChI=1S/C27H18F8N2O5S/c28-25(29)16-3-10-22(38)36(12-16)19-6-8-20(9-7-19)43(41,42)14-17-11-23(39)37(13-21(17)26(30,31)32)18-4-1-15(2-5-18)24(40)27(33,34)35/h1-13,24-25,40H,14H2. The van der Waals surface area contributed by atoms with Gasteiger partial charge in [-0.15, -0.1) is 0 Å². The second kappa shape index (κ2) is 11.4. The Morgan fingerprint density at radius 2 is 1.23 bits per heavy atom. The third-order valence-electron chi connectivity index (χ3n) is 6.25. The number of rotatable bonds is 7. The largest absolute Gasteiger partial charge is 0.418 e. The summed E-state index contributed by atoms with van der Waals surface area (Å²) in [5.74, 6) is -1.28. The number of hydrogen-bond donors (Lipinski definition) is 1. The second-order valence-corrected chi connectivity index (χ2v) is 11.2. The molecule has 0 spiro atoms. The summed E-state index contributed by atoms with van der Waals surface area (Å²) in [5, 5.41) is 9.34. The zero-order valence-electron chi connectivity index (χ0n) is 21.3. The van der Waals surface area contributed by atoms with E-state index in [1.807, 2.05) is 0 Å². The summed E-state index contributed by atoms with van der Waals surface area (Å²) in [7, 11) is -4.54. The molecule has 0 aliphatic heterocycles. The van der Waals surface area contributed by atoms with Crippen molar-refractivity contribution >= 4 is 9.84 Å². The molecule has 1 unspecified atom stereocenters. The van der Waals surface area contributed by atoms with Gasteiger partial charge in [0.25, 0.3) is 17.5 Å². The van der Waals surface area contributed by atoms with Crippen molar-refractivity contribution < 1.29 is 48.6 Å². The lowest BCUT2D eigenvalue weighted by atomic mass is 10.1. The molecule has 0 aliphatic carbocycles. The number of pyridine rings is 2. The van der Waals surface area contributed by atoms with Crippen LogP contribution in [0.1, 0.15) is 34.8 Å². The molecule has 2 aromatic heterocycles. The number of halogens is 8. The minimum Gasteiger partial charge on any atom is -0.379 e. The highest BCUT2D eigenvalue weighted by Gasteiger charge is 2.39. The van der Waals surface area contributed by atoms with Crippen LogP contribution in [0.3, 0.4) is 0 Å². The highest BCUT2D eigenvalue weighted by Crippen LogP contribution is 2.35. The maximum absolute atomic E-state index is 14.0. The molecule has 0 radical (unpaired) electrons. The zero-order chi connectivity index (χ0) is 31.9. The summed E-state index contributed by atoms with van der Waals surface area (Å²) in [5.41, 5.74) is -5.66. The van der Waals surface area contributed by atoms with E-state index in [0.717, 1.165) is 71.4 Å². The quantitative estimate of drug-likeness (QED) is 0.271.